The summed E-state index contributed by atoms with van der Waals surface area (Å²) in [7, 11) is 7.32. The molecular weight excluding hydrogens is 270 g/mol. The Morgan fingerprint density at radius 2 is 1.76 bits per heavy atom. The van der Waals surface area contributed by atoms with Gasteiger partial charge in [0, 0.05) is 41.3 Å². The predicted octanol–water partition coefficient (Wildman–Crippen LogP) is 0.0379. The van der Waals surface area contributed by atoms with Crippen molar-refractivity contribution in [3.63, 3.8) is 0 Å². The Bertz CT molecular complexity index is 499. The number of hydrogen-bond acceptors (Lipinski definition) is 7. The van der Waals surface area contributed by atoms with Crippen molar-refractivity contribution in [2.24, 2.45) is 0 Å². The van der Waals surface area contributed by atoms with Gasteiger partial charge in [-0.05, 0) is 12.8 Å². The number of rotatable bonds is 5. The van der Waals surface area contributed by atoms with Crippen LogP contribution in [0.25, 0.3) is 0 Å². The van der Waals surface area contributed by atoms with Crippen molar-refractivity contribution in [1.82, 2.24) is 19.9 Å². The lowest BCUT2D eigenvalue weighted by Gasteiger charge is -2.22. The van der Waals surface area contributed by atoms with E-state index in [0.717, 1.165) is 25.9 Å². The fraction of sp³-hybridized carbons (Fsp3) is 0.692. The number of hydrogen-bond donors (Lipinski definition) is 1. The lowest BCUT2D eigenvalue weighted by molar-refractivity contribution is -0.128. The third-order valence-corrected chi connectivity index (χ3v) is 3.41. The first kappa shape index (κ1) is 15.3. The van der Waals surface area contributed by atoms with Crippen LogP contribution in [0.3, 0.4) is 0 Å². The molecule has 1 aromatic heterocycles. The summed E-state index contributed by atoms with van der Waals surface area (Å²) >= 11 is 0. The van der Waals surface area contributed by atoms with Crippen LogP contribution in [0.5, 0.6) is 0 Å². The Labute approximate surface area is 125 Å². The van der Waals surface area contributed by atoms with Gasteiger partial charge in [0.25, 0.3) is 0 Å². The van der Waals surface area contributed by atoms with E-state index < -0.39 is 0 Å². The number of nitrogens with zero attached hydrogens (tertiary/aromatic N) is 6. The minimum atomic E-state index is 0.118. The molecule has 116 valence electrons. The van der Waals surface area contributed by atoms with E-state index in [2.05, 4.69) is 20.3 Å². The normalized spacial score (nSPS) is 14.2. The second kappa shape index (κ2) is 6.55. The molecule has 1 saturated heterocycles. The maximum atomic E-state index is 12.2. The number of amides is 1. The molecule has 1 aromatic rings. The van der Waals surface area contributed by atoms with Crippen LogP contribution in [0.1, 0.15) is 12.8 Å². The SMILES string of the molecule is CNc1nc(N(C)C)nc(N(C)CC(=O)N2CCCC2)n1. The smallest absolute Gasteiger partial charge is 0.242 e. The van der Waals surface area contributed by atoms with Gasteiger partial charge < -0.3 is 20.0 Å². The van der Waals surface area contributed by atoms with Crippen molar-refractivity contribution in [2.75, 3.05) is 62.9 Å². The minimum absolute atomic E-state index is 0.118. The van der Waals surface area contributed by atoms with Crippen molar-refractivity contribution in [1.29, 1.82) is 0 Å². The van der Waals surface area contributed by atoms with Gasteiger partial charge >= 0.3 is 0 Å². The van der Waals surface area contributed by atoms with E-state index in [9.17, 15) is 4.79 Å². The van der Waals surface area contributed by atoms with Crippen molar-refractivity contribution in [3.05, 3.63) is 0 Å². The molecule has 0 saturated carbocycles. The van der Waals surface area contributed by atoms with Crippen molar-refractivity contribution < 1.29 is 4.79 Å². The molecule has 2 rings (SSSR count). The number of nitrogens with one attached hydrogen (secondary N) is 1. The third-order valence-electron chi connectivity index (χ3n) is 3.41. The number of likely N-dealkylation sites (tertiary alicyclic amines) is 1. The van der Waals surface area contributed by atoms with E-state index in [4.69, 9.17) is 0 Å². The first-order valence-electron chi connectivity index (χ1n) is 7.11. The van der Waals surface area contributed by atoms with E-state index in [1.165, 1.54) is 0 Å². The maximum absolute atomic E-state index is 12.2. The Morgan fingerprint density at radius 3 is 2.33 bits per heavy atom. The highest BCUT2D eigenvalue weighted by Gasteiger charge is 2.20. The highest BCUT2D eigenvalue weighted by molar-refractivity contribution is 5.81. The van der Waals surface area contributed by atoms with Gasteiger partial charge in [-0.3, -0.25) is 4.79 Å². The summed E-state index contributed by atoms with van der Waals surface area (Å²) in [5.41, 5.74) is 0. The number of aromatic nitrogens is 3. The molecule has 21 heavy (non-hydrogen) atoms. The Hall–Kier alpha value is -2.12. The number of carbonyl (C=O) groups is 1. The van der Waals surface area contributed by atoms with Crippen LogP contribution < -0.4 is 15.1 Å². The first-order valence-corrected chi connectivity index (χ1v) is 7.11. The number of likely N-dealkylation sites (N-methyl/N-ethyl adjacent to an activating group) is 1. The Balaban J connectivity index is 2.12. The van der Waals surface area contributed by atoms with Crippen LogP contribution in [0.4, 0.5) is 17.8 Å². The van der Waals surface area contributed by atoms with Gasteiger partial charge in [0.15, 0.2) is 0 Å². The highest BCUT2D eigenvalue weighted by Crippen LogP contribution is 2.15. The summed E-state index contributed by atoms with van der Waals surface area (Å²) in [6, 6.07) is 0. The molecule has 0 radical (unpaired) electrons. The van der Waals surface area contributed by atoms with E-state index in [1.807, 2.05) is 30.9 Å². The number of carbonyl (C=O) groups excluding carboxylic acids is 1. The van der Waals surface area contributed by atoms with Crippen LogP contribution >= 0.6 is 0 Å². The van der Waals surface area contributed by atoms with Gasteiger partial charge in [-0.1, -0.05) is 0 Å². The molecule has 1 N–H and O–H groups in total. The molecule has 1 aliphatic rings. The van der Waals surface area contributed by atoms with Crippen molar-refractivity contribution >= 4 is 23.8 Å². The van der Waals surface area contributed by atoms with Gasteiger partial charge in [0.2, 0.25) is 23.8 Å². The summed E-state index contributed by atoms with van der Waals surface area (Å²) in [5, 5.41) is 2.92. The second-order valence-electron chi connectivity index (χ2n) is 5.35. The van der Waals surface area contributed by atoms with Crippen LogP contribution in [-0.4, -0.2) is 73.6 Å². The van der Waals surface area contributed by atoms with E-state index in [-0.39, 0.29) is 12.5 Å². The molecule has 8 heteroatoms. The average Bonchev–Trinajstić information content (AvgIpc) is 3.00. The quantitative estimate of drug-likeness (QED) is 0.821. The summed E-state index contributed by atoms with van der Waals surface area (Å²) in [6.45, 7) is 1.99. The molecule has 1 amide bonds. The van der Waals surface area contributed by atoms with Gasteiger partial charge in [-0.2, -0.15) is 15.0 Å². The first-order chi connectivity index (χ1) is 10.0. The standard InChI is InChI=1S/C13H23N7O/c1-14-11-15-12(18(2)3)17-13(16-11)19(4)9-10(21)20-7-5-6-8-20/h5-9H2,1-4H3,(H,14,15,16,17). The van der Waals surface area contributed by atoms with Crippen LogP contribution in [0, 0.1) is 0 Å². The van der Waals surface area contributed by atoms with Crippen LogP contribution in [0.15, 0.2) is 0 Å². The zero-order valence-electron chi connectivity index (χ0n) is 13.1. The molecule has 2 heterocycles. The predicted molar refractivity (Wildman–Crippen MR) is 82.8 cm³/mol. The molecule has 0 spiro atoms. The van der Waals surface area contributed by atoms with Crippen molar-refractivity contribution in [2.45, 2.75) is 12.8 Å². The van der Waals surface area contributed by atoms with Gasteiger partial charge in [-0.25, -0.2) is 0 Å². The van der Waals surface area contributed by atoms with E-state index in [1.54, 1.807) is 11.9 Å². The molecule has 0 unspecified atom stereocenters. The number of anilines is 3. The summed E-state index contributed by atoms with van der Waals surface area (Å²) in [5.74, 6) is 1.66. The third kappa shape index (κ3) is 3.71. The molecule has 0 bridgehead atoms. The topological polar surface area (TPSA) is 77.5 Å². The average molecular weight is 293 g/mol. The lowest BCUT2D eigenvalue weighted by Crippen LogP contribution is -2.38. The highest BCUT2D eigenvalue weighted by atomic mass is 16.2. The Kier molecular flexibility index (Phi) is 4.77. The molecular formula is C13H23N7O. The van der Waals surface area contributed by atoms with Crippen LogP contribution in [0.2, 0.25) is 0 Å². The molecule has 8 nitrogen and oxygen atoms in total. The summed E-state index contributed by atoms with van der Waals surface area (Å²) in [6.07, 6.45) is 2.19. The zero-order chi connectivity index (χ0) is 15.4. The summed E-state index contributed by atoms with van der Waals surface area (Å²) in [4.78, 5) is 30.6. The largest absolute Gasteiger partial charge is 0.357 e. The van der Waals surface area contributed by atoms with E-state index >= 15 is 0 Å². The van der Waals surface area contributed by atoms with Gasteiger partial charge in [-0.15, -0.1) is 0 Å². The fourth-order valence-corrected chi connectivity index (χ4v) is 2.18. The zero-order valence-corrected chi connectivity index (χ0v) is 13.1. The minimum Gasteiger partial charge on any atom is -0.357 e. The molecule has 0 aromatic carbocycles. The monoisotopic (exact) mass is 293 g/mol. The van der Waals surface area contributed by atoms with Gasteiger partial charge in [0.05, 0.1) is 6.54 Å². The Morgan fingerprint density at radius 1 is 1.14 bits per heavy atom. The molecule has 1 aliphatic heterocycles. The van der Waals surface area contributed by atoms with Crippen LogP contribution in [-0.2, 0) is 4.79 Å². The second-order valence-corrected chi connectivity index (χ2v) is 5.35. The fourth-order valence-electron chi connectivity index (χ4n) is 2.18. The molecule has 0 aliphatic carbocycles. The molecule has 1 fully saturated rings. The van der Waals surface area contributed by atoms with E-state index in [0.29, 0.717) is 17.8 Å². The van der Waals surface area contributed by atoms with Crippen molar-refractivity contribution in [3.8, 4) is 0 Å². The lowest BCUT2D eigenvalue weighted by atomic mass is 10.4. The molecule has 0 atom stereocenters. The maximum Gasteiger partial charge on any atom is 0.242 e. The van der Waals surface area contributed by atoms with Gasteiger partial charge in [0.1, 0.15) is 0 Å². The summed E-state index contributed by atoms with van der Waals surface area (Å²) < 4.78 is 0.